The van der Waals surface area contributed by atoms with Crippen LogP contribution in [0.3, 0.4) is 0 Å². The molecule has 0 rings (SSSR count). The van der Waals surface area contributed by atoms with Crippen LogP contribution >= 0.6 is 0 Å². The van der Waals surface area contributed by atoms with Gasteiger partial charge >= 0.3 is 0 Å². The molecule has 0 amide bonds. The van der Waals surface area contributed by atoms with Crippen LogP contribution in [0.5, 0.6) is 0 Å². The van der Waals surface area contributed by atoms with Gasteiger partial charge in [-0.3, -0.25) is 4.79 Å². The van der Waals surface area contributed by atoms with Crippen molar-refractivity contribution in [1.29, 1.82) is 0 Å². The Bertz CT molecular complexity index is 341. The normalized spacial score (nSPS) is 12.5. The molecule has 156 valence electrons. The summed E-state index contributed by atoms with van der Waals surface area (Å²) >= 11 is 0. The SMILES string of the molecule is CC(C)(C)CCOCCOCCOCCOCCCC(=O)CC(C)(C)C. The Morgan fingerprint density at radius 3 is 1.46 bits per heavy atom. The van der Waals surface area contributed by atoms with E-state index in [0.29, 0.717) is 70.3 Å². The zero-order valence-electron chi connectivity index (χ0n) is 18.0. The molecule has 0 aliphatic heterocycles. The summed E-state index contributed by atoms with van der Waals surface area (Å²) in [5.41, 5.74) is 0.394. The van der Waals surface area contributed by atoms with Gasteiger partial charge in [-0.05, 0) is 23.7 Å². The number of hydrogen-bond donors (Lipinski definition) is 0. The Morgan fingerprint density at radius 1 is 0.615 bits per heavy atom. The van der Waals surface area contributed by atoms with E-state index in [1.807, 2.05) is 0 Å². The molecule has 0 spiro atoms. The molecule has 0 aliphatic rings. The maximum atomic E-state index is 11.7. The van der Waals surface area contributed by atoms with Gasteiger partial charge in [0.1, 0.15) is 5.78 Å². The Morgan fingerprint density at radius 2 is 1.04 bits per heavy atom. The van der Waals surface area contributed by atoms with Crippen LogP contribution in [0.1, 0.15) is 67.2 Å². The average molecular weight is 375 g/mol. The lowest BCUT2D eigenvalue weighted by Crippen LogP contribution is -2.14. The summed E-state index contributed by atoms with van der Waals surface area (Å²) in [4.78, 5) is 11.7. The predicted octanol–water partition coefficient (Wildman–Crippen LogP) is 4.27. The largest absolute Gasteiger partial charge is 0.379 e. The summed E-state index contributed by atoms with van der Waals surface area (Å²) in [6.45, 7) is 17.8. The number of hydrogen-bond acceptors (Lipinski definition) is 5. The van der Waals surface area contributed by atoms with E-state index in [1.165, 1.54) is 0 Å². The molecule has 0 N–H and O–H groups in total. The first kappa shape index (κ1) is 25.5. The van der Waals surface area contributed by atoms with Crippen LogP contribution in [0.15, 0.2) is 0 Å². The van der Waals surface area contributed by atoms with E-state index < -0.39 is 0 Å². The highest BCUT2D eigenvalue weighted by Gasteiger charge is 2.15. The molecule has 0 radical (unpaired) electrons. The van der Waals surface area contributed by atoms with Gasteiger partial charge in [0, 0.05) is 26.1 Å². The summed E-state index contributed by atoms with van der Waals surface area (Å²) in [5.74, 6) is 0.317. The van der Waals surface area contributed by atoms with Gasteiger partial charge < -0.3 is 18.9 Å². The van der Waals surface area contributed by atoms with Crippen molar-refractivity contribution in [1.82, 2.24) is 0 Å². The van der Waals surface area contributed by atoms with E-state index in [9.17, 15) is 4.79 Å². The van der Waals surface area contributed by atoms with Crippen molar-refractivity contribution >= 4 is 5.78 Å². The van der Waals surface area contributed by atoms with Crippen LogP contribution < -0.4 is 0 Å². The van der Waals surface area contributed by atoms with Gasteiger partial charge in [-0.1, -0.05) is 41.5 Å². The van der Waals surface area contributed by atoms with Gasteiger partial charge in [-0.25, -0.2) is 0 Å². The molecule has 0 unspecified atom stereocenters. The molecule has 0 aromatic carbocycles. The molecule has 0 aliphatic carbocycles. The number of rotatable bonds is 16. The monoisotopic (exact) mass is 374 g/mol. The highest BCUT2D eigenvalue weighted by molar-refractivity contribution is 5.78. The molecule has 0 heterocycles. The lowest BCUT2D eigenvalue weighted by molar-refractivity contribution is -0.121. The Balaban J connectivity index is 3.19. The highest BCUT2D eigenvalue weighted by Crippen LogP contribution is 2.20. The molecule has 0 bridgehead atoms. The molecular weight excluding hydrogens is 332 g/mol. The topological polar surface area (TPSA) is 54.0 Å². The van der Waals surface area contributed by atoms with Crippen LogP contribution in [-0.2, 0) is 23.7 Å². The quantitative estimate of drug-likeness (QED) is 0.378. The fraction of sp³-hybridized carbons (Fsp3) is 0.952. The zero-order valence-corrected chi connectivity index (χ0v) is 18.0. The van der Waals surface area contributed by atoms with Crippen molar-refractivity contribution in [2.24, 2.45) is 10.8 Å². The number of Topliss-reactive ketones (excluding diaryl/α,β-unsaturated/α-hetero) is 1. The molecular formula is C21H42O5. The first-order valence-corrected chi connectivity index (χ1v) is 9.93. The first-order valence-electron chi connectivity index (χ1n) is 9.93. The standard InChI is InChI=1S/C21H42O5/c1-20(2,3)9-11-24-13-15-26-17-16-25-14-12-23-10-7-8-19(22)18-21(4,5)6/h7-18H2,1-6H3. The summed E-state index contributed by atoms with van der Waals surface area (Å²) < 4.78 is 21.9. The molecule has 5 heteroatoms. The minimum atomic E-state index is 0.0758. The second-order valence-electron chi connectivity index (χ2n) is 9.14. The number of ketones is 1. The molecule has 0 aromatic heterocycles. The van der Waals surface area contributed by atoms with Crippen molar-refractivity contribution in [2.45, 2.75) is 67.2 Å². The van der Waals surface area contributed by atoms with Gasteiger partial charge in [0.2, 0.25) is 0 Å². The number of carbonyl (C=O) groups excluding carboxylic acids is 1. The third-order valence-electron chi connectivity index (χ3n) is 3.58. The van der Waals surface area contributed by atoms with Crippen LogP contribution in [0.4, 0.5) is 0 Å². The molecule has 0 atom stereocenters. The summed E-state index contributed by atoms with van der Waals surface area (Å²) in [6.07, 6.45) is 3.08. The van der Waals surface area contributed by atoms with E-state index in [-0.39, 0.29) is 5.41 Å². The number of ether oxygens (including phenoxy) is 4. The first-order chi connectivity index (χ1) is 12.1. The third kappa shape index (κ3) is 21.6. The van der Waals surface area contributed by atoms with Crippen molar-refractivity contribution < 1.29 is 23.7 Å². The Hall–Kier alpha value is -0.490. The minimum absolute atomic E-state index is 0.0758. The predicted molar refractivity (Wildman–Crippen MR) is 106 cm³/mol. The van der Waals surface area contributed by atoms with Gasteiger partial charge in [0.15, 0.2) is 0 Å². The van der Waals surface area contributed by atoms with Crippen LogP contribution in [0, 0.1) is 10.8 Å². The molecule has 26 heavy (non-hydrogen) atoms. The second-order valence-corrected chi connectivity index (χ2v) is 9.14. The van der Waals surface area contributed by atoms with E-state index in [0.717, 1.165) is 19.4 Å². The maximum Gasteiger partial charge on any atom is 0.133 e. The fourth-order valence-electron chi connectivity index (χ4n) is 2.19. The average Bonchev–Trinajstić information content (AvgIpc) is 2.48. The maximum absolute atomic E-state index is 11.7. The highest BCUT2D eigenvalue weighted by atomic mass is 16.6. The van der Waals surface area contributed by atoms with E-state index in [1.54, 1.807) is 0 Å². The lowest BCUT2D eigenvalue weighted by atomic mass is 9.89. The van der Waals surface area contributed by atoms with E-state index >= 15 is 0 Å². The summed E-state index contributed by atoms with van der Waals surface area (Å²) in [6, 6.07) is 0. The molecule has 0 aromatic rings. The number of carbonyl (C=O) groups is 1. The molecule has 5 nitrogen and oxygen atoms in total. The van der Waals surface area contributed by atoms with Gasteiger partial charge in [0.05, 0.1) is 39.6 Å². The molecule has 0 saturated heterocycles. The Labute approximate surface area is 161 Å². The van der Waals surface area contributed by atoms with Crippen LogP contribution in [-0.4, -0.2) is 58.6 Å². The van der Waals surface area contributed by atoms with Crippen LogP contribution in [0.2, 0.25) is 0 Å². The third-order valence-corrected chi connectivity index (χ3v) is 3.58. The van der Waals surface area contributed by atoms with Crippen molar-refractivity contribution in [3.05, 3.63) is 0 Å². The van der Waals surface area contributed by atoms with Gasteiger partial charge in [-0.15, -0.1) is 0 Å². The van der Waals surface area contributed by atoms with E-state index in [2.05, 4.69) is 41.5 Å². The Kier molecular flexibility index (Phi) is 14.3. The van der Waals surface area contributed by atoms with Crippen molar-refractivity contribution in [3.8, 4) is 0 Å². The molecule has 0 fully saturated rings. The molecule has 0 saturated carbocycles. The minimum Gasteiger partial charge on any atom is -0.379 e. The zero-order chi connectivity index (χ0) is 19.9. The second kappa shape index (κ2) is 14.6. The lowest BCUT2D eigenvalue weighted by Gasteiger charge is -2.17. The summed E-state index contributed by atoms with van der Waals surface area (Å²) in [5, 5.41) is 0. The summed E-state index contributed by atoms with van der Waals surface area (Å²) in [7, 11) is 0. The fourth-order valence-corrected chi connectivity index (χ4v) is 2.19. The van der Waals surface area contributed by atoms with Crippen molar-refractivity contribution in [2.75, 3.05) is 52.9 Å². The van der Waals surface area contributed by atoms with Gasteiger partial charge in [0.25, 0.3) is 0 Å². The van der Waals surface area contributed by atoms with E-state index in [4.69, 9.17) is 18.9 Å². The van der Waals surface area contributed by atoms with Gasteiger partial charge in [-0.2, -0.15) is 0 Å². The smallest absolute Gasteiger partial charge is 0.133 e. The van der Waals surface area contributed by atoms with Crippen LogP contribution in [0.25, 0.3) is 0 Å². The van der Waals surface area contributed by atoms with Crippen molar-refractivity contribution in [3.63, 3.8) is 0 Å².